The van der Waals surface area contributed by atoms with Crippen LogP contribution in [-0.4, -0.2) is 9.90 Å². The zero-order valence-corrected chi connectivity index (χ0v) is 3.50. The first-order valence-electron chi connectivity index (χ1n) is 1.83. The fourth-order valence-corrected chi connectivity index (χ4v) is 0.352. The number of aromatic hydroxyl groups is 1. The van der Waals surface area contributed by atoms with Gasteiger partial charge in [0.2, 0.25) is 5.88 Å². The molecular formula is C4H4FNO. The van der Waals surface area contributed by atoms with Crippen LogP contribution in [0.2, 0.25) is 0 Å². The highest BCUT2D eigenvalue weighted by Crippen LogP contribution is 2.06. The molecule has 0 fully saturated rings. The summed E-state index contributed by atoms with van der Waals surface area (Å²) in [6, 6.07) is 2.68. The van der Waals surface area contributed by atoms with Gasteiger partial charge in [0.1, 0.15) is 0 Å². The van der Waals surface area contributed by atoms with E-state index < -0.39 is 0 Å². The molecule has 3 heteroatoms. The van der Waals surface area contributed by atoms with Crippen LogP contribution in [-0.2, 0) is 0 Å². The average Bonchev–Trinajstić information content (AvgIpc) is 1.91. The van der Waals surface area contributed by atoms with Crippen molar-refractivity contribution >= 4 is 0 Å². The van der Waals surface area contributed by atoms with Crippen molar-refractivity contribution in [2.24, 2.45) is 0 Å². The van der Waals surface area contributed by atoms with E-state index in [1.165, 1.54) is 12.1 Å². The SMILES string of the molecule is Oc1cccn1F. The van der Waals surface area contributed by atoms with Crippen molar-refractivity contribution in [3.63, 3.8) is 0 Å². The van der Waals surface area contributed by atoms with Crippen LogP contribution >= 0.6 is 0 Å². The van der Waals surface area contributed by atoms with E-state index in [2.05, 4.69) is 0 Å². The molecule has 0 unspecified atom stereocenters. The minimum atomic E-state index is -0.361. The van der Waals surface area contributed by atoms with Gasteiger partial charge in [-0.3, -0.25) is 0 Å². The Morgan fingerprint density at radius 2 is 2.43 bits per heavy atom. The minimum Gasteiger partial charge on any atom is -0.493 e. The zero-order chi connectivity index (χ0) is 5.28. The van der Waals surface area contributed by atoms with E-state index in [0.717, 1.165) is 6.20 Å². The Morgan fingerprint density at radius 1 is 1.71 bits per heavy atom. The number of nitrogens with zero attached hydrogens (tertiary/aromatic N) is 1. The van der Waals surface area contributed by atoms with Crippen molar-refractivity contribution in [2.75, 3.05) is 0 Å². The number of rotatable bonds is 0. The molecule has 0 aliphatic rings. The Bertz CT molecular complexity index is 144. The zero-order valence-electron chi connectivity index (χ0n) is 3.50. The van der Waals surface area contributed by atoms with Crippen LogP contribution in [0, 0.1) is 0 Å². The molecule has 2 nitrogen and oxygen atoms in total. The van der Waals surface area contributed by atoms with Crippen molar-refractivity contribution in [3.8, 4) is 5.88 Å². The average molecular weight is 101 g/mol. The molecule has 1 rings (SSSR count). The third-order valence-corrected chi connectivity index (χ3v) is 0.681. The summed E-state index contributed by atoms with van der Waals surface area (Å²) in [5, 5.41) is 8.35. The van der Waals surface area contributed by atoms with Gasteiger partial charge in [-0.2, -0.15) is 4.79 Å². The molecule has 0 amide bonds. The second kappa shape index (κ2) is 1.26. The molecule has 1 heterocycles. The second-order valence-corrected chi connectivity index (χ2v) is 1.18. The summed E-state index contributed by atoms with van der Waals surface area (Å²) in [7, 11) is 0. The number of halogens is 1. The summed E-state index contributed by atoms with van der Waals surface area (Å²) in [5.74, 6) is -0.361. The predicted octanol–water partition coefficient (Wildman–Crippen LogP) is 0.926. The van der Waals surface area contributed by atoms with Crippen molar-refractivity contribution < 1.29 is 9.59 Å². The van der Waals surface area contributed by atoms with Crippen LogP contribution in [0.25, 0.3) is 0 Å². The highest BCUT2D eigenvalue weighted by atomic mass is 19.2. The van der Waals surface area contributed by atoms with Crippen LogP contribution < -0.4 is 0 Å². The van der Waals surface area contributed by atoms with Crippen LogP contribution in [0.1, 0.15) is 0 Å². The lowest BCUT2D eigenvalue weighted by molar-refractivity contribution is 0.294. The van der Waals surface area contributed by atoms with Gasteiger partial charge in [0.05, 0.1) is 0 Å². The Hall–Kier alpha value is -0.990. The normalized spacial score (nSPS) is 9.29. The molecule has 0 aromatic carbocycles. The van der Waals surface area contributed by atoms with Gasteiger partial charge >= 0.3 is 0 Å². The van der Waals surface area contributed by atoms with E-state index in [9.17, 15) is 4.48 Å². The maximum absolute atomic E-state index is 11.7. The van der Waals surface area contributed by atoms with E-state index in [0.29, 0.717) is 0 Å². The van der Waals surface area contributed by atoms with Gasteiger partial charge in [-0.1, -0.05) is 4.48 Å². The Morgan fingerprint density at radius 3 is 2.57 bits per heavy atom. The van der Waals surface area contributed by atoms with Gasteiger partial charge in [-0.25, -0.2) is 0 Å². The molecule has 0 aliphatic carbocycles. The van der Waals surface area contributed by atoms with Crippen LogP contribution in [0.15, 0.2) is 18.3 Å². The first kappa shape index (κ1) is 4.18. The van der Waals surface area contributed by atoms with E-state index >= 15 is 0 Å². The Labute approximate surface area is 39.7 Å². The second-order valence-electron chi connectivity index (χ2n) is 1.18. The molecule has 38 valence electrons. The van der Waals surface area contributed by atoms with Gasteiger partial charge < -0.3 is 5.11 Å². The van der Waals surface area contributed by atoms with E-state index in [1.54, 1.807) is 0 Å². The van der Waals surface area contributed by atoms with Gasteiger partial charge in [0, 0.05) is 12.3 Å². The smallest absolute Gasteiger partial charge is 0.220 e. The van der Waals surface area contributed by atoms with Gasteiger partial charge in [0.25, 0.3) is 0 Å². The molecule has 0 atom stereocenters. The molecule has 1 aromatic rings. The van der Waals surface area contributed by atoms with Crippen molar-refractivity contribution in [1.29, 1.82) is 0 Å². The van der Waals surface area contributed by atoms with Gasteiger partial charge in [-0.05, 0) is 6.07 Å². The fraction of sp³-hybridized carbons (Fsp3) is 0. The van der Waals surface area contributed by atoms with E-state index in [4.69, 9.17) is 5.11 Å². The summed E-state index contributed by atoms with van der Waals surface area (Å²) in [5.41, 5.74) is 0. The topological polar surface area (TPSA) is 25.2 Å². The quantitative estimate of drug-likeness (QED) is 0.516. The van der Waals surface area contributed by atoms with Crippen molar-refractivity contribution in [2.45, 2.75) is 0 Å². The number of aromatic nitrogens is 1. The Balaban J connectivity index is 3.12. The van der Waals surface area contributed by atoms with Crippen molar-refractivity contribution in [3.05, 3.63) is 18.3 Å². The number of hydrogen-bond acceptors (Lipinski definition) is 1. The molecular weight excluding hydrogens is 97.0 g/mol. The summed E-state index contributed by atoms with van der Waals surface area (Å²) in [6.07, 6.45) is 1.12. The maximum Gasteiger partial charge on any atom is 0.220 e. The molecule has 7 heavy (non-hydrogen) atoms. The standard InChI is InChI=1S/C4H4FNO/c5-6-3-1-2-4(6)7/h1-3,7H. The first-order valence-corrected chi connectivity index (χ1v) is 1.83. The van der Waals surface area contributed by atoms with Crippen molar-refractivity contribution in [1.82, 2.24) is 4.79 Å². The molecule has 0 bridgehead atoms. The lowest BCUT2D eigenvalue weighted by Gasteiger charge is -1.82. The van der Waals surface area contributed by atoms with Crippen LogP contribution in [0.4, 0.5) is 4.48 Å². The summed E-state index contributed by atoms with van der Waals surface area (Å²) < 4.78 is 11.7. The molecule has 0 spiro atoms. The molecule has 0 aliphatic heterocycles. The molecule has 1 aromatic heterocycles. The van der Waals surface area contributed by atoms with Crippen LogP contribution in [0.3, 0.4) is 0 Å². The summed E-state index contributed by atoms with van der Waals surface area (Å²) in [6.45, 7) is 0. The van der Waals surface area contributed by atoms with Gasteiger partial charge in [-0.15, -0.1) is 0 Å². The minimum absolute atomic E-state index is 0.139. The number of hydrogen-bond donors (Lipinski definition) is 1. The Kier molecular flexibility index (Phi) is 0.749. The molecule has 0 saturated carbocycles. The highest BCUT2D eigenvalue weighted by Gasteiger charge is 1.89. The lowest BCUT2D eigenvalue weighted by Crippen LogP contribution is -1.71. The maximum atomic E-state index is 11.7. The molecule has 0 saturated heterocycles. The first-order chi connectivity index (χ1) is 3.30. The third-order valence-electron chi connectivity index (χ3n) is 0.681. The van der Waals surface area contributed by atoms with E-state index in [-0.39, 0.29) is 10.7 Å². The fourth-order valence-electron chi connectivity index (χ4n) is 0.352. The molecule has 1 N–H and O–H groups in total. The van der Waals surface area contributed by atoms with Crippen LogP contribution in [0.5, 0.6) is 5.88 Å². The largest absolute Gasteiger partial charge is 0.493 e. The lowest BCUT2D eigenvalue weighted by atomic mass is 10.7. The molecule has 0 radical (unpaired) electrons. The highest BCUT2D eigenvalue weighted by molar-refractivity contribution is 5.08. The predicted molar refractivity (Wildman–Crippen MR) is 22.6 cm³/mol. The summed E-state index contributed by atoms with van der Waals surface area (Å²) in [4.78, 5) is 0.139. The summed E-state index contributed by atoms with van der Waals surface area (Å²) >= 11 is 0. The monoisotopic (exact) mass is 101 g/mol. The third kappa shape index (κ3) is 0.559. The van der Waals surface area contributed by atoms with Gasteiger partial charge in [0.15, 0.2) is 0 Å². The van der Waals surface area contributed by atoms with E-state index in [1.807, 2.05) is 0 Å².